The maximum absolute atomic E-state index is 13.9. The number of hydrogen-bond acceptors (Lipinski definition) is 3. The van der Waals surface area contributed by atoms with Gasteiger partial charge in [-0.25, -0.2) is 12.8 Å². The van der Waals surface area contributed by atoms with Crippen LogP contribution in [0.25, 0.3) is 0 Å². The Morgan fingerprint density at radius 2 is 1.93 bits per heavy atom. The van der Waals surface area contributed by atoms with E-state index in [1.54, 1.807) is 6.92 Å². The molecule has 3 nitrogen and oxygen atoms in total. The zero-order valence-electron chi connectivity index (χ0n) is 8.55. The zero-order valence-corrected chi connectivity index (χ0v) is 9.37. The first-order valence-electron chi connectivity index (χ1n) is 5.07. The summed E-state index contributed by atoms with van der Waals surface area (Å²) in [6.07, 6.45) is 1.03. The Kier molecular flexibility index (Phi) is 3.89. The summed E-state index contributed by atoms with van der Waals surface area (Å²) in [4.78, 5) is 0. The van der Waals surface area contributed by atoms with Crippen molar-refractivity contribution in [3.8, 4) is 0 Å². The summed E-state index contributed by atoms with van der Waals surface area (Å²) >= 11 is 0. The Morgan fingerprint density at radius 1 is 1.36 bits per heavy atom. The molecule has 0 atom stereocenters. The van der Waals surface area contributed by atoms with Crippen LogP contribution in [0, 0.1) is 0 Å². The normalized spacial score (nSPS) is 22.1. The molecule has 1 aliphatic rings. The molecule has 1 aliphatic heterocycles. The van der Waals surface area contributed by atoms with Gasteiger partial charge in [-0.1, -0.05) is 6.92 Å². The van der Waals surface area contributed by atoms with Crippen molar-refractivity contribution in [1.29, 1.82) is 0 Å². The fourth-order valence-electron chi connectivity index (χ4n) is 1.61. The molecule has 0 amide bonds. The third kappa shape index (κ3) is 3.53. The van der Waals surface area contributed by atoms with Crippen LogP contribution in [0.15, 0.2) is 0 Å². The van der Waals surface area contributed by atoms with Crippen molar-refractivity contribution >= 4 is 9.84 Å². The Morgan fingerprint density at radius 3 is 2.43 bits per heavy atom. The summed E-state index contributed by atoms with van der Waals surface area (Å²) in [5.41, 5.74) is -1.26. The maximum Gasteiger partial charge on any atom is 0.150 e. The lowest BCUT2D eigenvalue weighted by Gasteiger charge is -2.29. The summed E-state index contributed by atoms with van der Waals surface area (Å²) in [5.74, 6) is 0.0985. The maximum atomic E-state index is 13.9. The topological polar surface area (TPSA) is 46.2 Å². The van der Waals surface area contributed by atoms with Crippen LogP contribution in [0.3, 0.4) is 0 Å². The quantitative estimate of drug-likeness (QED) is 0.770. The Balaban J connectivity index is 2.43. The average molecular weight is 223 g/mol. The zero-order chi connectivity index (χ0) is 10.7. The predicted octanol–water partition coefficient (Wildman–Crippen LogP) is 0.903. The van der Waals surface area contributed by atoms with Crippen LogP contribution in [0.2, 0.25) is 0 Å². The van der Waals surface area contributed by atoms with E-state index in [4.69, 9.17) is 0 Å². The van der Waals surface area contributed by atoms with E-state index in [0.717, 1.165) is 0 Å². The van der Waals surface area contributed by atoms with E-state index in [1.165, 1.54) is 0 Å². The molecule has 1 heterocycles. The Bertz CT molecular complexity index is 271. The van der Waals surface area contributed by atoms with Gasteiger partial charge in [-0.3, -0.25) is 0 Å². The molecule has 0 bridgehead atoms. The highest BCUT2D eigenvalue weighted by atomic mass is 32.2. The molecule has 1 N–H and O–H groups in total. The predicted molar refractivity (Wildman–Crippen MR) is 54.9 cm³/mol. The minimum absolute atomic E-state index is 0.0139. The second-order valence-electron chi connectivity index (χ2n) is 3.89. The number of rotatable bonds is 4. The molecule has 0 aliphatic carbocycles. The van der Waals surface area contributed by atoms with Crippen molar-refractivity contribution in [2.45, 2.75) is 31.9 Å². The fourth-order valence-corrected chi connectivity index (χ4v) is 2.57. The standard InChI is InChI=1S/C9H18FNO2S/c1-2-14(12,13)8-5-9(10)3-6-11-7-4-9/h11H,2-8H2,1H3. The van der Waals surface area contributed by atoms with Gasteiger partial charge in [0, 0.05) is 5.75 Å². The fraction of sp³-hybridized carbons (Fsp3) is 1.00. The molecule has 5 heteroatoms. The second-order valence-corrected chi connectivity index (χ2v) is 6.36. The Hall–Kier alpha value is -0.160. The molecule has 0 radical (unpaired) electrons. The molecule has 0 aromatic rings. The van der Waals surface area contributed by atoms with Crippen LogP contribution < -0.4 is 5.32 Å². The average Bonchev–Trinajstić information content (AvgIpc) is 2.17. The van der Waals surface area contributed by atoms with Crippen LogP contribution in [-0.4, -0.2) is 38.7 Å². The number of nitrogens with one attached hydrogen (secondary N) is 1. The molecule has 1 fully saturated rings. The van der Waals surface area contributed by atoms with E-state index >= 15 is 0 Å². The summed E-state index contributed by atoms with van der Waals surface area (Å²) in [7, 11) is -3.02. The van der Waals surface area contributed by atoms with Gasteiger partial charge >= 0.3 is 0 Å². The van der Waals surface area contributed by atoms with Gasteiger partial charge in [0.05, 0.1) is 5.75 Å². The van der Waals surface area contributed by atoms with Crippen molar-refractivity contribution in [2.75, 3.05) is 24.6 Å². The van der Waals surface area contributed by atoms with Gasteiger partial charge < -0.3 is 5.32 Å². The van der Waals surface area contributed by atoms with Crippen LogP contribution >= 0.6 is 0 Å². The summed E-state index contributed by atoms with van der Waals surface area (Å²) in [6.45, 7) is 2.91. The van der Waals surface area contributed by atoms with Crippen LogP contribution in [0.4, 0.5) is 4.39 Å². The van der Waals surface area contributed by atoms with Gasteiger partial charge in [-0.15, -0.1) is 0 Å². The number of hydrogen-bond donors (Lipinski definition) is 1. The van der Waals surface area contributed by atoms with Crippen molar-refractivity contribution in [3.63, 3.8) is 0 Å². The highest BCUT2D eigenvalue weighted by molar-refractivity contribution is 7.91. The molecule has 14 heavy (non-hydrogen) atoms. The molecule has 0 aromatic carbocycles. The van der Waals surface area contributed by atoms with Gasteiger partial charge in [-0.2, -0.15) is 0 Å². The summed E-state index contributed by atoms with van der Waals surface area (Å²) in [6, 6.07) is 0. The van der Waals surface area contributed by atoms with Gasteiger partial charge in [-0.05, 0) is 32.4 Å². The number of sulfone groups is 1. The lowest BCUT2D eigenvalue weighted by Crippen LogP contribution is -2.39. The van der Waals surface area contributed by atoms with E-state index in [2.05, 4.69) is 5.32 Å². The van der Waals surface area contributed by atoms with E-state index in [0.29, 0.717) is 25.9 Å². The molecule has 0 unspecified atom stereocenters. The molecule has 1 rings (SSSR count). The second kappa shape index (κ2) is 4.57. The largest absolute Gasteiger partial charge is 0.316 e. The molecular weight excluding hydrogens is 205 g/mol. The van der Waals surface area contributed by atoms with Crippen LogP contribution in [-0.2, 0) is 9.84 Å². The highest BCUT2D eigenvalue weighted by Gasteiger charge is 2.32. The number of alkyl halides is 1. The first-order valence-corrected chi connectivity index (χ1v) is 6.90. The minimum atomic E-state index is -3.02. The SMILES string of the molecule is CCS(=O)(=O)CCC1(F)CCNCC1. The summed E-state index contributed by atoms with van der Waals surface area (Å²) < 4.78 is 36.3. The lowest BCUT2D eigenvalue weighted by molar-refractivity contribution is 0.112. The van der Waals surface area contributed by atoms with Crippen LogP contribution in [0.1, 0.15) is 26.2 Å². The van der Waals surface area contributed by atoms with E-state index in [9.17, 15) is 12.8 Å². The van der Waals surface area contributed by atoms with E-state index in [-0.39, 0.29) is 17.9 Å². The minimum Gasteiger partial charge on any atom is -0.316 e. The van der Waals surface area contributed by atoms with Crippen molar-refractivity contribution in [2.24, 2.45) is 0 Å². The van der Waals surface area contributed by atoms with Gasteiger partial charge in [0.15, 0.2) is 0 Å². The number of piperidine rings is 1. The van der Waals surface area contributed by atoms with Crippen molar-refractivity contribution in [1.82, 2.24) is 5.32 Å². The number of halogens is 1. The first-order chi connectivity index (χ1) is 6.47. The van der Waals surface area contributed by atoms with Crippen molar-refractivity contribution < 1.29 is 12.8 Å². The van der Waals surface area contributed by atoms with E-state index in [1.807, 2.05) is 0 Å². The molecule has 0 saturated carbocycles. The van der Waals surface area contributed by atoms with Crippen LogP contribution in [0.5, 0.6) is 0 Å². The third-order valence-corrected chi connectivity index (χ3v) is 4.51. The smallest absolute Gasteiger partial charge is 0.150 e. The van der Waals surface area contributed by atoms with Gasteiger partial charge in [0.25, 0.3) is 0 Å². The van der Waals surface area contributed by atoms with Gasteiger partial charge in [0.2, 0.25) is 0 Å². The summed E-state index contributed by atoms with van der Waals surface area (Å²) in [5, 5.41) is 3.06. The highest BCUT2D eigenvalue weighted by Crippen LogP contribution is 2.27. The molecular formula is C9H18FNO2S. The lowest BCUT2D eigenvalue weighted by atomic mass is 9.92. The van der Waals surface area contributed by atoms with Crippen molar-refractivity contribution in [3.05, 3.63) is 0 Å². The first kappa shape index (κ1) is 11.9. The molecule has 0 spiro atoms. The third-order valence-electron chi connectivity index (χ3n) is 2.80. The monoisotopic (exact) mass is 223 g/mol. The van der Waals surface area contributed by atoms with Gasteiger partial charge in [0.1, 0.15) is 15.5 Å². The molecule has 1 saturated heterocycles. The molecule has 0 aromatic heterocycles. The Labute approximate surface area is 85.0 Å². The molecule has 84 valence electrons. The van der Waals surface area contributed by atoms with E-state index < -0.39 is 15.5 Å².